The fourth-order valence-electron chi connectivity index (χ4n) is 2.42. The lowest BCUT2D eigenvalue weighted by molar-refractivity contribution is 0.289. The predicted octanol–water partition coefficient (Wildman–Crippen LogP) is 1.89. The van der Waals surface area contributed by atoms with Crippen LogP contribution in [0.1, 0.15) is 25.7 Å². The van der Waals surface area contributed by atoms with Gasteiger partial charge in [-0.2, -0.15) is 4.98 Å². The number of nitrogens with one attached hydrogen (secondary N) is 1. The molecule has 5 nitrogen and oxygen atoms in total. The normalized spacial score (nSPS) is 23.9. The average molecular weight is 270 g/mol. The van der Waals surface area contributed by atoms with Gasteiger partial charge in [0.25, 0.3) is 0 Å². The third-order valence-corrected chi connectivity index (χ3v) is 3.76. The smallest absolute Gasteiger partial charge is 0.226 e. The first-order valence-corrected chi connectivity index (χ1v) is 6.79. The van der Waals surface area contributed by atoms with Gasteiger partial charge in [0.05, 0.1) is 0 Å². The number of aromatic nitrogens is 2. The molecular formula is C12H20ClN5. The minimum Gasteiger partial charge on any atom is -0.383 e. The second-order valence-corrected chi connectivity index (χ2v) is 5.33. The van der Waals surface area contributed by atoms with E-state index in [1.54, 1.807) is 6.07 Å². The molecule has 2 rings (SSSR count). The third kappa shape index (κ3) is 3.71. The van der Waals surface area contributed by atoms with Crippen molar-refractivity contribution in [2.45, 2.75) is 25.7 Å². The molecule has 0 aliphatic heterocycles. The standard InChI is InChI=1S/C12H20ClN5/c13-10-5-11(15)18-12(17-10)16-7-9-3-1-8(6-14)2-4-9/h5,8-9H,1-4,6-7,14H2,(H3,15,16,17,18)/t8-,9+. The first-order valence-electron chi connectivity index (χ1n) is 6.41. The van der Waals surface area contributed by atoms with E-state index < -0.39 is 0 Å². The van der Waals surface area contributed by atoms with Crippen LogP contribution in [0.3, 0.4) is 0 Å². The van der Waals surface area contributed by atoms with Gasteiger partial charge < -0.3 is 16.8 Å². The summed E-state index contributed by atoms with van der Waals surface area (Å²) in [6, 6.07) is 1.54. The van der Waals surface area contributed by atoms with Gasteiger partial charge in [0.15, 0.2) is 0 Å². The highest BCUT2D eigenvalue weighted by Gasteiger charge is 2.20. The topological polar surface area (TPSA) is 89.8 Å². The molecule has 0 spiro atoms. The summed E-state index contributed by atoms with van der Waals surface area (Å²) in [6.07, 6.45) is 4.87. The summed E-state index contributed by atoms with van der Waals surface area (Å²) >= 11 is 5.82. The van der Waals surface area contributed by atoms with Crippen molar-refractivity contribution >= 4 is 23.4 Å². The van der Waals surface area contributed by atoms with Crippen LogP contribution in [-0.4, -0.2) is 23.1 Å². The summed E-state index contributed by atoms with van der Waals surface area (Å²) < 4.78 is 0. The van der Waals surface area contributed by atoms with Gasteiger partial charge >= 0.3 is 0 Å². The largest absolute Gasteiger partial charge is 0.383 e. The molecule has 100 valence electrons. The maximum Gasteiger partial charge on any atom is 0.226 e. The lowest BCUT2D eigenvalue weighted by atomic mass is 9.82. The Morgan fingerprint density at radius 3 is 2.50 bits per heavy atom. The van der Waals surface area contributed by atoms with Crippen LogP contribution in [0, 0.1) is 11.8 Å². The molecule has 18 heavy (non-hydrogen) atoms. The van der Waals surface area contributed by atoms with E-state index in [1.807, 2.05) is 0 Å². The van der Waals surface area contributed by atoms with Crippen LogP contribution in [0.15, 0.2) is 6.07 Å². The molecular weight excluding hydrogens is 250 g/mol. The predicted molar refractivity (Wildman–Crippen MR) is 74.4 cm³/mol. The second kappa shape index (κ2) is 6.20. The number of anilines is 2. The zero-order valence-corrected chi connectivity index (χ0v) is 11.2. The molecule has 1 aromatic heterocycles. The molecule has 1 heterocycles. The molecule has 0 unspecified atom stereocenters. The Morgan fingerprint density at radius 2 is 1.89 bits per heavy atom. The summed E-state index contributed by atoms with van der Waals surface area (Å²) in [5.41, 5.74) is 11.3. The van der Waals surface area contributed by atoms with Crippen LogP contribution in [-0.2, 0) is 0 Å². The highest BCUT2D eigenvalue weighted by Crippen LogP contribution is 2.28. The number of nitrogens with two attached hydrogens (primary N) is 2. The fourth-order valence-corrected chi connectivity index (χ4v) is 2.61. The lowest BCUT2D eigenvalue weighted by Gasteiger charge is -2.27. The van der Waals surface area contributed by atoms with Crippen LogP contribution < -0.4 is 16.8 Å². The number of rotatable bonds is 4. The quantitative estimate of drug-likeness (QED) is 0.726. The SMILES string of the molecule is NC[C@H]1CC[C@@H](CNc2nc(N)cc(Cl)n2)CC1. The first-order chi connectivity index (χ1) is 8.67. The second-order valence-electron chi connectivity index (χ2n) is 4.94. The van der Waals surface area contributed by atoms with Gasteiger partial charge in [-0.15, -0.1) is 0 Å². The summed E-state index contributed by atoms with van der Waals surface area (Å²) in [5, 5.41) is 3.58. The van der Waals surface area contributed by atoms with Crippen molar-refractivity contribution in [1.82, 2.24) is 9.97 Å². The molecule has 1 aromatic rings. The molecule has 1 fully saturated rings. The Hall–Kier alpha value is -1.07. The van der Waals surface area contributed by atoms with Crippen LogP contribution in [0.2, 0.25) is 5.15 Å². The zero-order valence-electron chi connectivity index (χ0n) is 10.4. The van der Waals surface area contributed by atoms with Gasteiger partial charge in [0.1, 0.15) is 11.0 Å². The van der Waals surface area contributed by atoms with Crippen molar-refractivity contribution in [3.05, 3.63) is 11.2 Å². The Balaban J connectivity index is 1.81. The molecule has 0 aromatic carbocycles. The van der Waals surface area contributed by atoms with Crippen LogP contribution in [0.25, 0.3) is 0 Å². The molecule has 0 atom stereocenters. The van der Waals surface area contributed by atoms with E-state index in [2.05, 4.69) is 15.3 Å². The van der Waals surface area contributed by atoms with Gasteiger partial charge in [-0.3, -0.25) is 0 Å². The van der Waals surface area contributed by atoms with Crippen molar-refractivity contribution in [2.75, 3.05) is 24.1 Å². The number of hydrogen-bond donors (Lipinski definition) is 3. The number of hydrogen-bond acceptors (Lipinski definition) is 5. The summed E-state index contributed by atoms with van der Waals surface area (Å²) in [6.45, 7) is 1.69. The van der Waals surface area contributed by atoms with E-state index in [9.17, 15) is 0 Å². The van der Waals surface area contributed by atoms with E-state index in [0.29, 0.717) is 28.8 Å². The molecule has 6 heteroatoms. The fraction of sp³-hybridized carbons (Fsp3) is 0.667. The number of nitrogens with zero attached hydrogens (tertiary/aromatic N) is 2. The molecule has 5 N–H and O–H groups in total. The minimum absolute atomic E-state index is 0.372. The molecule has 1 aliphatic carbocycles. The molecule has 1 saturated carbocycles. The van der Waals surface area contributed by atoms with Crippen LogP contribution >= 0.6 is 11.6 Å². The van der Waals surface area contributed by atoms with Gasteiger partial charge in [0.2, 0.25) is 5.95 Å². The van der Waals surface area contributed by atoms with Crippen molar-refractivity contribution in [3.8, 4) is 0 Å². The van der Waals surface area contributed by atoms with Crippen molar-refractivity contribution in [1.29, 1.82) is 0 Å². The Labute approximate surface area is 112 Å². The number of halogens is 1. The summed E-state index contributed by atoms with van der Waals surface area (Å²) in [5.74, 6) is 2.28. The zero-order chi connectivity index (χ0) is 13.0. The van der Waals surface area contributed by atoms with E-state index in [-0.39, 0.29) is 0 Å². The number of nitrogen functional groups attached to an aromatic ring is 1. The highest BCUT2D eigenvalue weighted by atomic mass is 35.5. The summed E-state index contributed by atoms with van der Waals surface area (Å²) in [4.78, 5) is 8.19. The maximum atomic E-state index is 5.82. The highest BCUT2D eigenvalue weighted by molar-refractivity contribution is 6.29. The molecule has 0 amide bonds. The van der Waals surface area contributed by atoms with E-state index in [4.69, 9.17) is 23.1 Å². The Bertz CT molecular complexity index is 370. The van der Waals surface area contributed by atoms with Crippen molar-refractivity contribution in [3.63, 3.8) is 0 Å². The maximum absolute atomic E-state index is 5.82. The third-order valence-electron chi connectivity index (χ3n) is 3.56. The van der Waals surface area contributed by atoms with Gasteiger partial charge in [-0.25, -0.2) is 4.98 Å². The van der Waals surface area contributed by atoms with E-state index in [1.165, 1.54) is 25.7 Å². The van der Waals surface area contributed by atoms with Crippen molar-refractivity contribution in [2.24, 2.45) is 17.6 Å². The molecule has 0 saturated heterocycles. The average Bonchev–Trinajstić information content (AvgIpc) is 2.36. The first kappa shape index (κ1) is 13.4. The van der Waals surface area contributed by atoms with E-state index >= 15 is 0 Å². The Morgan fingerprint density at radius 1 is 1.22 bits per heavy atom. The minimum atomic E-state index is 0.372. The molecule has 1 aliphatic rings. The molecule has 0 bridgehead atoms. The molecule has 0 radical (unpaired) electrons. The van der Waals surface area contributed by atoms with Crippen LogP contribution in [0.4, 0.5) is 11.8 Å². The van der Waals surface area contributed by atoms with Crippen molar-refractivity contribution < 1.29 is 0 Å². The Kier molecular flexibility index (Phi) is 4.60. The lowest BCUT2D eigenvalue weighted by Crippen LogP contribution is -2.25. The van der Waals surface area contributed by atoms with E-state index in [0.717, 1.165) is 13.1 Å². The van der Waals surface area contributed by atoms with Gasteiger partial charge in [-0.1, -0.05) is 11.6 Å². The summed E-state index contributed by atoms with van der Waals surface area (Å²) in [7, 11) is 0. The van der Waals surface area contributed by atoms with Gasteiger partial charge in [0, 0.05) is 12.6 Å². The van der Waals surface area contributed by atoms with Gasteiger partial charge in [-0.05, 0) is 44.1 Å². The monoisotopic (exact) mass is 269 g/mol. The van der Waals surface area contributed by atoms with Crippen LogP contribution in [0.5, 0.6) is 0 Å².